The van der Waals surface area contributed by atoms with E-state index in [1.165, 1.54) is 44.9 Å². The van der Waals surface area contributed by atoms with Crippen molar-refractivity contribution in [2.24, 2.45) is 0 Å². The molecule has 0 radical (unpaired) electrons. The molecular formula is C15H28P2. The van der Waals surface area contributed by atoms with Crippen LogP contribution in [0.15, 0.2) is 30.3 Å². The maximum absolute atomic E-state index is 2.29. The molecule has 0 amide bonds. The zero-order chi connectivity index (χ0) is 12.2. The van der Waals surface area contributed by atoms with Crippen LogP contribution in [0.4, 0.5) is 0 Å². The summed E-state index contributed by atoms with van der Waals surface area (Å²) >= 11 is 0. The predicted molar refractivity (Wildman–Crippen MR) is 88.4 cm³/mol. The van der Waals surface area contributed by atoms with Gasteiger partial charge in [0, 0.05) is 0 Å². The van der Waals surface area contributed by atoms with Crippen molar-refractivity contribution in [1.29, 1.82) is 0 Å². The van der Waals surface area contributed by atoms with Crippen LogP contribution >= 0.6 is 16.5 Å². The molecule has 0 aliphatic heterocycles. The van der Waals surface area contributed by atoms with E-state index < -0.39 is 0 Å². The van der Waals surface area contributed by atoms with Crippen molar-refractivity contribution in [2.75, 3.05) is 6.16 Å². The molecule has 0 aromatic heterocycles. The van der Waals surface area contributed by atoms with Gasteiger partial charge in [-0.05, 0) is 0 Å². The van der Waals surface area contributed by atoms with Crippen LogP contribution in [0.1, 0.15) is 51.9 Å². The van der Waals surface area contributed by atoms with Crippen LogP contribution in [0.2, 0.25) is 0 Å². The van der Waals surface area contributed by atoms with Crippen molar-refractivity contribution in [3.63, 3.8) is 0 Å². The van der Waals surface area contributed by atoms with Crippen molar-refractivity contribution < 1.29 is 0 Å². The molecule has 0 saturated carbocycles. The monoisotopic (exact) mass is 270 g/mol. The van der Waals surface area contributed by atoms with E-state index in [-0.39, 0.29) is 8.27 Å². The van der Waals surface area contributed by atoms with Crippen LogP contribution in [0.25, 0.3) is 0 Å². The third kappa shape index (κ3) is 8.76. The molecule has 0 aliphatic rings. The van der Waals surface area contributed by atoms with E-state index in [0.717, 1.165) is 8.27 Å². The Kier molecular flexibility index (Phi) is 9.96. The molecule has 1 atom stereocenters. The molecule has 1 unspecified atom stereocenters. The summed E-state index contributed by atoms with van der Waals surface area (Å²) in [4.78, 5) is 0. The summed E-state index contributed by atoms with van der Waals surface area (Å²) < 4.78 is 0. The van der Waals surface area contributed by atoms with E-state index in [1.807, 2.05) is 0 Å². The summed E-state index contributed by atoms with van der Waals surface area (Å²) in [5.74, 6) is 0. The van der Waals surface area contributed by atoms with Gasteiger partial charge in [0.1, 0.15) is 0 Å². The zero-order valence-corrected chi connectivity index (χ0v) is 13.7. The van der Waals surface area contributed by atoms with E-state index in [4.69, 9.17) is 0 Å². The van der Waals surface area contributed by atoms with Gasteiger partial charge in [0.15, 0.2) is 0 Å². The summed E-state index contributed by atoms with van der Waals surface area (Å²) in [5, 5.41) is 1.59. The molecule has 1 aromatic rings. The number of unbranched alkanes of at least 4 members (excludes halogenated alkanes) is 6. The number of benzene rings is 1. The second kappa shape index (κ2) is 11.2. The van der Waals surface area contributed by atoms with Crippen molar-refractivity contribution >= 4 is 21.8 Å². The molecule has 1 aromatic carbocycles. The molecule has 98 valence electrons. The second-order valence-corrected chi connectivity index (χ2v) is 9.47. The van der Waals surface area contributed by atoms with Crippen molar-refractivity contribution in [3.8, 4) is 0 Å². The van der Waals surface area contributed by atoms with Gasteiger partial charge in [-0.15, -0.1) is 0 Å². The Bertz CT molecular complexity index is 259. The molecule has 0 N–H and O–H groups in total. The first-order valence-electron chi connectivity index (χ1n) is 7.22. The van der Waals surface area contributed by atoms with Crippen molar-refractivity contribution in [2.45, 2.75) is 51.9 Å². The quantitative estimate of drug-likeness (QED) is 0.423. The van der Waals surface area contributed by atoms with Gasteiger partial charge in [-0.25, -0.2) is 0 Å². The minimum atomic E-state index is 0.197. The minimum absolute atomic E-state index is 0.197. The van der Waals surface area contributed by atoms with Gasteiger partial charge < -0.3 is 0 Å². The first-order chi connectivity index (χ1) is 8.43. The van der Waals surface area contributed by atoms with Crippen LogP contribution in [0.5, 0.6) is 0 Å². The number of hydrogen-bond acceptors (Lipinski definition) is 0. The van der Waals surface area contributed by atoms with Gasteiger partial charge in [-0.2, -0.15) is 0 Å². The van der Waals surface area contributed by atoms with Gasteiger partial charge in [-0.3, -0.25) is 0 Å². The molecular weight excluding hydrogens is 242 g/mol. The van der Waals surface area contributed by atoms with E-state index >= 15 is 0 Å². The zero-order valence-electron chi connectivity index (χ0n) is 11.3. The molecule has 2 heteroatoms. The molecule has 1 rings (SSSR count). The molecule has 0 nitrogen and oxygen atoms in total. The van der Waals surface area contributed by atoms with E-state index in [9.17, 15) is 0 Å². The molecule has 0 aliphatic carbocycles. The van der Waals surface area contributed by atoms with Crippen LogP contribution in [0.3, 0.4) is 0 Å². The van der Waals surface area contributed by atoms with Gasteiger partial charge in [0.05, 0.1) is 0 Å². The van der Waals surface area contributed by atoms with Crippen molar-refractivity contribution in [3.05, 3.63) is 30.3 Å². The predicted octanol–water partition coefficient (Wildman–Crippen LogP) is 4.80. The summed E-state index contributed by atoms with van der Waals surface area (Å²) in [6.07, 6.45) is 11.7. The van der Waals surface area contributed by atoms with E-state index in [0.29, 0.717) is 0 Å². The molecule has 0 heterocycles. The Balaban J connectivity index is 1.85. The fourth-order valence-electron chi connectivity index (χ4n) is 2.05. The molecule has 0 spiro atoms. The molecule has 0 bridgehead atoms. The van der Waals surface area contributed by atoms with Crippen molar-refractivity contribution in [1.82, 2.24) is 0 Å². The van der Waals surface area contributed by atoms with Crippen LogP contribution in [-0.4, -0.2) is 6.16 Å². The number of hydrogen-bond donors (Lipinski definition) is 0. The summed E-state index contributed by atoms with van der Waals surface area (Å²) in [7, 11) is 1.35. The van der Waals surface area contributed by atoms with Gasteiger partial charge in [-0.1, -0.05) is 0 Å². The molecule has 17 heavy (non-hydrogen) atoms. The Morgan fingerprint density at radius 3 is 2.24 bits per heavy atom. The standard InChI is InChI=1S/C15H28P2/c1-2-3-4-5-6-7-11-14-16-17-15-12-9-8-10-13-15/h8-10,12-13,17H,2-7,11,14H2,1,16H3. The Labute approximate surface area is 110 Å². The Morgan fingerprint density at radius 1 is 0.882 bits per heavy atom. The average Bonchev–Trinajstić information content (AvgIpc) is 2.38. The summed E-state index contributed by atoms with van der Waals surface area (Å²) in [5.41, 5.74) is 0. The molecule has 0 fully saturated rings. The Hall–Kier alpha value is 0.0800. The van der Waals surface area contributed by atoms with Gasteiger partial charge in [0.2, 0.25) is 0 Å². The topological polar surface area (TPSA) is 0 Å². The summed E-state index contributed by atoms with van der Waals surface area (Å²) in [6.45, 7) is 2.29. The fraction of sp³-hybridized carbons (Fsp3) is 0.600. The fourth-order valence-corrected chi connectivity index (χ4v) is 6.40. The first kappa shape index (κ1) is 15.1. The van der Waals surface area contributed by atoms with Crippen LogP contribution in [0, 0.1) is 0 Å². The second-order valence-electron chi connectivity index (χ2n) is 4.77. The molecule has 0 saturated heterocycles. The Morgan fingerprint density at radius 2 is 1.53 bits per heavy atom. The van der Waals surface area contributed by atoms with Gasteiger partial charge in [0.25, 0.3) is 0 Å². The van der Waals surface area contributed by atoms with E-state index in [2.05, 4.69) is 37.3 Å². The van der Waals surface area contributed by atoms with Crippen LogP contribution < -0.4 is 5.30 Å². The van der Waals surface area contributed by atoms with Gasteiger partial charge >= 0.3 is 110 Å². The number of rotatable bonds is 10. The average molecular weight is 270 g/mol. The normalized spacial score (nSPS) is 11.6. The third-order valence-electron chi connectivity index (χ3n) is 3.13. The van der Waals surface area contributed by atoms with Crippen LogP contribution in [-0.2, 0) is 0 Å². The first-order valence-corrected chi connectivity index (χ1v) is 11.5. The third-order valence-corrected chi connectivity index (χ3v) is 8.01. The maximum atomic E-state index is 2.29. The summed E-state index contributed by atoms with van der Waals surface area (Å²) in [6, 6.07) is 11.0. The van der Waals surface area contributed by atoms with E-state index in [1.54, 1.807) is 11.5 Å². The SMILES string of the molecule is CCCCCCCCC[PH3]Pc1ccccc1.